The first kappa shape index (κ1) is 17.1. The molecule has 6 heteroatoms. The van der Waals surface area contributed by atoms with Crippen LogP contribution in [0.2, 0.25) is 0 Å². The summed E-state index contributed by atoms with van der Waals surface area (Å²) in [5.74, 6) is -1.76. The molecule has 2 aromatic rings. The second kappa shape index (κ2) is 6.91. The highest BCUT2D eigenvalue weighted by atomic mass is 79.9. The Morgan fingerprint density at radius 1 is 1.30 bits per heavy atom. The van der Waals surface area contributed by atoms with Crippen LogP contribution in [0.1, 0.15) is 28.4 Å². The number of nitrogens with two attached hydrogens (primary N) is 1. The Hall–Kier alpha value is -2.21. The molecule has 0 bridgehead atoms. The summed E-state index contributed by atoms with van der Waals surface area (Å²) < 4.78 is 27.4. The van der Waals surface area contributed by atoms with Crippen LogP contribution in [0.4, 0.5) is 14.5 Å². The van der Waals surface area contributed by atoms with E-state index in [4.69, 9.17) is 5.73 Å². The van der Waals surface area contributed by atoms with Crippen LogP contribution in [0.25, 0.3) is 5.57 Å². The Balaban J connectivity index is 2.70. The summed E-state index contributed by atoms with van der Waals surface area (Å²) in [7, 11) is 0. The Bertz CT molecular complexity index is 773. The third kappa shape index (κ3) is 3.42. The van der Waals surface area contributed by atoms with Gasteiger partial charge in [0.05, 0.1) is 15.7 Å². The number of hydrogen-bond acceptors (Lipinski definition) is 2. The lowest BCUT2D eigenvalue weighted by molar-refractivity contribution is 0.100. The SMILES string of the molecule is C=C(c1ccc(F)cc1)c1c(Br)c(F)cc(C(N)=O)c1NCC. The van der Waals surface area contributed by atoms with Crippen molar-refractivity contribution in [3.63, 3.8) is 0 Å². The van der Waals surface area contributed by atoms with Gasteiger partial charge in [0.2, 0.25) is 0 Å². The van der Waals surface area contributed by atoms with Crippen molar-refractivity contribution in [3.8, 4) is 0 Å². The first-order valence-electron chi connectivity index (χ1n) is 6.87. The van der Waals surface area contributed by atoms with Crippen molar-refractivity contribution in [1.29, 1.82) is 0 Å². The van der Waals surface area contributed by atoms with E-state index in [2.05, 4.69) is 27.8 Å². The molecule has 2 rings (SSSR count). The zero-order chi connectivity index (χ0) is 17.1. The molecule has 2 aromatic carbocycles. The van der Waals surface area contributed by atoms with Crippen LogP contribution in [0, 0.1) is 11.6 Å². The number of carbonyl (C=O) groups is 1. The number of carbonyl (C=O) groups excluding carboxylic acids is 1. The molecule has 0 spiro atoms. The summed E-state index contributed by atoms with van der Waals surface area (Å²) in [6, 6.07) is 6.72. The van der Waals surface area contributed by atoms with Gasteiger partial charge in [-0.05, 0) is 52.2 Å². The van der Waals surface area contributed by atoms with Gasteiger partial charge in [-0.25, -0.2) is 8.78 Å². The Labute approximate surface area is 141 Å². The van der Waals surface area contributed by atoms with Crippen LogP contribution in [0.15, 0.2) is 41.4 Å². The molecule has 0 aliphatic rings. The van der Waals surface area contributed by atoms with Crippen molar-refractivity contribution in [2.24, 2.45) is 5.73 Å². The van der Waals surface area contributed by atoms with Crippen molar-refractivity contribution in [1.82, 2.24) is 0 Å². The summed E-state index contributed by atoms with van der Waals surface area (Å²) in [6.45, 7) is 6.30. The van der Waals surface area contributed by atoms with Crippen molar-refractivity contribution in [2.45, 2.75) is 6.92 Å². The molecule has 0 aliphatic carbocycles. The lowest BCUT2D eigenvalue weighted by Crippen LogP contribution is -2.17. The molecule has 0 aliphatic heterocycles. The summed E-state index contributed by atoms with van der Waals surface area (Å²) >= 11 is 3.19. The van der Waals surface area contributed by atoms with Gasteiger partial charge in [0.1, 0.15) is 11.6 Å². The molecule has 23 heavy (non-hydrogen) atoms. The minimum atomic E-state index is -0.750. The molecule has 0 aromatic heterocycles. The Morgan fingerprint density at radius 2 is 1.91 bits per heavy atom. The zero-order valence-corrected chi connectivity index (χ0v) is 14.0. The van der Waals surface area contributed by atoms with Gasteiger partial charge in [-0.1, -0.05) is 18.7 Å². The third-order valence-electron chi connectivity index (χ3n) is 3.33. The van der Waals surface area contributed by atoms with E-state index in [1.165, 1.54) is 24.3 Å². The zero-order valence-electron chi connectivity index (χ0n) is 12.4. The maximum Gasteiger partial charge on any atom is 0.250 e. The van der Waals surface area contributed by atoms with E-state index < -0.39 is 11.7 Å². The van der Waals surface area contributed by atoms with E-state index in [-0.39, 0.29) is 15.9 Å². The van der Waals surface area contributed by atoms with E-state index in [0.29, 0.717) is 28.9 Å². The number of nitrogens with one attached hydrogen (secondary N) is 1. The largest absolute Gasteiger partial charge is 0.384 e. The highest BCUT2D eigenvalue weighted by molar-refractivity contribution is 9.10. The second-order valence-electron chi connectivity index (χ2n) is 4.85. The molecule has 0 saturated heterocycles. The van der Waals surface area contributed by atoms with Gasteiger partial charge in [0.15, 0.2) is 0 Å². The van der Waals surface area contributed by atoms with Crippen LogP contribution < -0.4 is 11.1 Å². The molecule has 0 unspecified atom stereocenters. The lowest BCUT2D eigenvalue weighted by atomic mass is 9.95. The van der Waals surface area contributed by atoms with Crippen molar-refractivity contribution in [3.05, 3.63) is 69.7 Å². The van der Waals surface area contributed by atoms with Gasteiger partial charge in [-0.15, -0.1) is 0 Å². The number of rotatable bonds is 5. The van der Waals surface area contributed by atoms with Crippen LogP contribution in [-0.4, -0.2) is 12.5 Å². The maximum absolute atomic E-state index is 14.2. The fourth-order valence-corrected chi connectivity index (χ4v) is 2.81. The average Bonchev–Trinajstić information content (AvgIpc) is 2.51. The second-order valence-corrected chi connectivity index (χ2v) is 5.64. The smallest absolute Gasteiger partial charge is 0.250 e. The van der Waals surface area contributed by atoms with E-state index >= 15 is 0 Å². The van der Waals surface area contributed by atoms with E-state index in [1.807, 2.05) is 6.92 Å². The molecule has 0 radical (unpaired) electrons. The number of amides is 1. The fourth-order valence-electron chi connectivity index (χ4n) is 2.26. The van der Waals surface area contributed by atoms with Crippen LogP contribution in [0.3, 0.4) is 0 Å². The summed E-state index contributed by atoms with van der Waals surface area (Å²) in [5.41, 5.74) is 7.20. The van der Waals surface area contributed by atoms with Gasteiger partial charge in [0, 0.05) is 12.1 Å². The van der Waals surface area contributed by atoms with Gasteiger partial charge in [0.25, 0.3) is 5.91 Å². The Kier molecular flexibility index (Phi) is 5.15. The first-order valence-corrected chi connectivity index (χ1v) is 7.67. The van der Waals surface area contributed by atoms with Crippen molar-refractivity contribution >= 4 is 33.1 Å². The molecule has 0 atom stereocenters. The molecule has 0 heterocycles. The highest BCUT2D eigenvalue weighted by Crippen LogP contribution is 2.38. The molecule has 1 amide bonds. The predicted molar refractivity (Wildman–Crippen MR) is 91.3 cm³/mol. The Morgan fingerprint density at radius 3 is 2.43 bits per heavy atom. The standard InChI is InChI=1S/C17H15BrF2N2O/c1-3-22-16-12(17(21)23)8-13(20)15(18)14(16)9(2)10-4-6-11(19)7-5-10/h4-8,22H,2-3H2,1H3,(H2,21,23). The van der Waals surface area contributed by atoms with Gasteiger partial charge >= 0.3 is 0 Å². The molecule has 3 N–H and O–H groups in total. The van der Waals surface area contributed by atoms with Gasteiger partial charge < -0.3 is 11.1 Å². The average molecular weight is 381 g/mol. The minimum absolute atomic E-state index is 0.0332. The van der Waals surface area contributed by atoms with Crippen molar-refractivity contribution in [2.75, 3.05) is 11.9 Å². The summed E-state index contributed by atoms with van der Waals surface area (Å²) in [5, 5.41) is 3.02. The monoisotopic (exact) mass is 380 g/mol. The number of primary amides is 1. The molecule has 3 nitrogen and oxygen atoms in total. The molecular formula is C17H15BrF2N2O. The molecule has 0 saturated carbocycles. The number of halogens is 3. The normalized spacial score (nSPS) is 10.4. The molecule has 120 valence electrons. The predicted octanol–water partition coefficient (Wildman–Crippen LogP) is 4.32. The number of benzene rings is 2. The third-order valence-corrected chi connectivity index (χ3v) is 4.11. The van der Waals surface area contributed by atoms with Crippen LogP contribution >= 0.6 is 15.9 Å². The van der Waals surface area contributed by atoms with Crippen LogP contribution in [-0.2, 0) is 0 Å². The summed E-state index contributed by atoms with van der Waals surface area (Å²) in [6.07, 6.45) is 0. The van der Waals surface area contributed by atoms with Crippen molar-refractivity contribution < 1.29 is 13.6 Å². The van der Waals surface area contributed by atoms with E-state index in [1.54, 1.807) is 0 Å². The van der Waals surface area contributed by atoms with Gasteiger partial charge in [-0.3, -0.25) is 4.79 Å². The molecular weight excluding hydrogens is 366 g/mol. The fraction of sp³-hybridized carbons (Fsp3) is 0.118. The quantitative estimate of drug-likeness (QED) is 0.811. The van der Waals surface area contributed by atoms with Crippen LogP contribution in [0.5, 0.6) is 0 Å². The van der Waals surface area contributed by atoms with E-state index in [0.717, 1.165) is 6.07 Å². The number of hydrogen-bond donors (Lipinski definition) is 2. The topological polar surface area (TPSA) is 55.1 Å². The highest BCUT2D eigenvalue weighted by Gasteiger charge is 2.22. The van der Waals surface area contributed by atoms with E-state index in [9.17, 15) is 13.6 Å². The minimum Gasteiger partial charge on any atom is -0.384 e. The number of anilines is 1. The first-order chi connectivity index (χ1) is 10.9. The summed E-state index contributed by atoms with van der Waals surface area (Å²) in [4.78, 5) is 11.6. The molecule has 0 fully saturated rings. The van der Waals surface area contributed by atoms with Gasteiger partial charge in [-0.2, -0.15) is 0 Å². The maximum atomic E-state index is 14.2. The lowest BCUT2D eigenvalue weighted by Gasteiger charge is -2.18.